The number of methoxy groups -OCH3 is 1. The van der Waals surface area contributed by atoms with Crippen LogP contribution in [0.15, 0.2) is 40.5 Å². The van der Waals surface area contributed by atoms with Gasteiger partial charge < -0.3 is 9.72 Å². The van der Waals surface area contributed by atoms with Gasteiger partial charge in [0.05, 0.1) is 28.3 Å². The number of hydrogen-bond acceptors (Lipinski definition) is 5. The minimum Gasteiger partial charge on any atom is -0.495 e. The maximum absolute atomic E-state index is 12.6. The van der Waals surface area contributed by atoms with Gasteiger partial charge >= 0.3 is 0 Å². The summed E-state index contributed by atoms with van der Waals surface area (Å²) in [6, 6.07) is 9.69. The van der Waals surface area contributed by atoms with Gasteiger partial charge in [-0.2, -0.15) is 0 Å². The number of ether oxygens (including phenoxy) is 1. The molecule has 0 amide bonds. The van der Waals surface area contributed by atoms with E-state index >= 15 is 0 Å². The number of benzene rings is 1. The molecule has 4 rings (SSSR count). The monoisotopic (exact) mass is 387 g/mol. The fraction of sp³-hybridized carbons (Fsp3) is 0.263. The number of rotatable bonds is 4. The number of H-pyrrole nitrogens is 1. The number of aromatic nitrogens is 2. The lowest BCUT2D eigenvalue weighted by molar-refractivity contribution is 0.241. The molecule has 0 atom stereocenters. The molecule has 1 aromatic carbocycles. The minimum atomic E-state index is -0.0557. The highest BCUT2D eigenvalue weighted by molar-refractivity contribution is 7.13. The third-order valence-electron chi connectivity index (χ3n) is 4.56. The van der Waals surface area contributed by atoms with Crippen molar-refractivity contribution in [3.63, 3.8) is 0 Å². The van der Waals surface area contributed by atoms with Crippen LogP contribution >= 0.6 is 22.9 Å². The molecule has 134 valence electrons. The predicted octanol–water partition coefficient (Wildman–Crippen LogP) is 3.72. The highest BCUT2D eigenvalue weighted by Crippen LogP contribution is 2.30. The zero-order chi connectivity index (χ0) is 18.1. The van der Waals surface area contributed by atoms with Crippen molar-refractivity contribution in [1.82, 2.24) is 14.9 Å². The van der Waals surface area contributed by atoms with Gasteiger partial charge in [0, 0.05) is 26.1 Å². The standard InChI is InChI=1S/C19H18ClN3O2S/c1-25-15-5-2-4-12(17(15)20)10-23-8-7-14-13(11-23)19(24)22-18(21-14)16-6-3-9-26-16/h2-6,9H,7-8,10-11H2,1H3,(H,21,22,24). The highest BCUT2D eigenvalue weighted by atomic mass is 35.5. The molecule has 26 heavy (non-hydrogen) atoms. The van der Waals surface area contributed by atoms with Crippen LogP contribution in [0.1, 0.15) is 16.8 Å². The fourth-order valence-corrected chi connectivity index (χ4v) is 4.15. The third-order valence-corrected chi connectivity index (χ3v) is 5.86. The van der Waals surface area contributed by atoms with Crippen LogP contribution < -0.4 is 10.3 Å². The van der Waals surface area contributed by atoms with Crippen molar-refractivity contribution in [2.45, 2.75) is 19.5 Å². The van der Waals surface area contributed by atoms with E-state index in [9.17, 15) is 4.79 Å². The molecule has 0 aliphatic carbocycles. The molecule has 3 heterocycles. The maximum Gasteiger partial charge on any atom is 0.255 e. The average molecular weight is 388 g/mol. The molecule has 1 N–H and O–H groups in total. The van der Waals surface area contributed by atoms with Gasteiger partial charge in [0.25, 0.3) is 5.56 Å². The smallest absolute Gasteiger partial charge is 0.255 e. The van der Waals surface area contributed by atoms with Crippen molar-refractivity contribution in [1.29, 1.82) is 0 Å². The number of halogens is 1. The highest BCUT2D eigenvalue weighted by Gasteiger charge is 2.22. The number of hydrogen-bond donors (Lipinski definition) is 1. The second kappa shape index (κ2) is 7.23. The summed E-state index contributed by atoms with van der Waals surface area (Å²) in [7, 11) is 1.61. The van der Waals surface area contributed by atoms with Crippen molar-refractivity contribution in [3.8, 4) is 16.5 Å². The molecular formula is C19H18ClN3O2S. The predicted molar refractivity (Wildman–Crippen MR) is 104 cm³/mol. The lowest BCUT2D eigenvalue weighted by Gasteiger charge is -2.28. The topological polar surface area (TPSA) is 58.2 Å². The van der Waals surface area contributed by atoms with Crippen LogP contribution in [0.3, 0.4) is 0 Å². The molecule has 0 spiro atoms. The van der Waals surface area contributed by atoms with E-state index in [-0.39, 0.29) is 5.56 Å². The van der Waals surface area contributed by atoms with E-state index in [1.807, 2.05) is 35.7 Å². The first kappa shape index (κ1) is 17.3. The number of fused-ring (bicyclic) bond motifs is 1. The van der Waals surface area contributed by atoms with Gasteiger partial charge in [-0.25, -0.2) is 4.98 Å². The number of nitrogens with one attached hydrogen (secondary N) is 1. The minimum absolute atomic E-state index is 0.0557. The molecule has 0 radical (unpaired) electrons. The number of aromatic amines is 1. The van der Waals surface area contributed by atoms with E-state index < -0.39 is 0 Å². The molecule has 0 saturated carbocycles. The summed E-state index contributed by atoms with van der Waals surface area (Å²) in [6.45, 7) is 2.07. The maximum atomic E-state index is 12.6. The van der Waals surface area contributed by atoms with Gasteiger partial charge in [0.2, 0.25) is 0 Å². The molecule has 0 saturated heterocycles. The average Bonchev–Trinajstić information content (AvgIpc) is 3.18. The third kappa shape index (κ3) is 3.28. The molecule has 3 aromatic rings. The fourth-order valence-electron chi connectivity index (χ4n) is 3.22. The zero-order valence-electron chi connectivity index (χ0n) is 14.3. The Labute approximate surface area is 160 Å². The molecule has 0 unspecified atom stereocenters. The van der Waals surface area contributed by atoms with Crippen LogP contribution in [0.5, 0.6) is 5.75 Å². The Kier molecular flexibility index (Phi) is 4.80. The van der Waals surface area contributed by atoms with Crippen molar-refractivity contribution in [2.75, 3.05) is 13.7 Å². The Morgan fingerprint density at radius 1 is 1.35 bits per heavy atom. The van der Waals surface area contributed by atoms with E-state index in [2.05, 4.69) is 14.9 Å². The second-order valence-electron chi connectivity index (χ2n) is 6.21. The van der Waals surface area contributed by atoms with Crippen LogP contribution in [0, 0.1) is 0 Å². The van der Waals surface area contributed by atoms with Crippen molar-refractivity contribution >= 4 is 22.9 Å². The summed E-state index contributed by atoms with van der Waals surface area (Å²) in [5.41, 5.74) is 2.58. The Morgan fingerprint density at radius 3 is 3.00 bits per heavy atom. The molecule has 5 nitrogen and oxygen atoms in total. The normalized spacial score (nSPS) is 14.2. The van der Waals surface area contributed by atoms with E-state index in [1.54, 1.807) is 18.4 Å². The molecule has 1 aliphatic heterocycles. The van der Waals surface area contributed by atoms with Crippen LogP contribution in [-0.4, -0.2) is 28.5 Å². The van der Waals surface area contributed by atoms with Gasteiger partial charge in [-0.1, -0.05) is 29.8 Å². The summed E-state index contributed by atoms with van der Waals surface area (Å²) in [5.74, 6) is 1.33. The summed E-state index contributed by atoms with van der Waals surface area (Å²) in [5, 5.41) is 2.61. The van der Waals surface area contributed by atoms with Crippen LogP contribution in [-0.2, 0) is 19.5 Å². The van der Waals surface area contributed by atoms with E-state index in [4.69, 9.17) is 16.3 Å². The van der Waals surface area contributed by atoms with Crippen LogP contribution in [0.2, 0.25) is 5.02 Å². The van der Waals surface area contributed by atoms with Gasteiger partial charge in [-0.15, -0.1) is 11.3 Å². The summed E-state index contributed by atoms with van der Waals surface area (Å²) >= 11 is 7.98. The van der Waals surface area contributed by atoms with Crippen molar-refractivity contribution in [2.24, 2.45) is 0 Å². The van der Waals surface area contributed by atoms with Crippen LogP contribution in [0.4, 0.5) is 0 Å². The molecule has 0 fully saturated rings. The molecule has 7 heteroatoms. The Balaban J connectivity index is 1.58. The van der Waals surface area contributed by atoms with E-state index in [0.717, 1.165) is 34.7 Å². The SMILES string of the molecule is COc1cccc(CN2CCc3nc(-c4cccs4)[nH]c(=O)c3C2)c1Cl. The molecular weight excluding hydrogens is 370 g/mol. The van der Waals surface area contributed by atoms with Gasteiger partial charge in [-0.05, 0) is 23.1 Å². The molecule has 0 bridgehead atoms. The molecule has 1 aliphatic rings. The molecule has 2 aromatic heterocycles. The summed E-state index contributed by atoms with van der Waals surface area (Å²) < 4.78 is 5.28. The second-order valence-corrected chi connectivity index (χ2v) is 7.54. The Hall–Kier alpha value is -2.15. The zero-order valence-corrected chi connectivity index (χ0v) is 15.9. The Morgan fingerprint density at radius 2 is 2.23 bits per heavy atom. The van der Waals surface area contributed by atoms with E-state index in [0.29, 0.717) is 29.7 Å². The number of thiophene rings is 1. The largest absolute Gasteiger partial charge is 0.495 e. The summed E-state index contributed by atoms with van der Waals surface area (Å²) in [6.07, 6.45) is 0.749. The van der Waals surface area contributed by atoms with Gasteiger partial charge in [0.1, 0.15) is 5.75 Å². The number of nitrogens with zero attached hydrogens (tertiary/aromatic N) is 2. The quantitative estimate of drug-likeness (QED) is 0.741. The van der Waals surface area contributed by atoms with Gasteiger partial charge in [-0.3, -0.25) is 9.69 Å². The lowest BCUT2D eigenvalue weighted by Crippen LogP contribution is -2.35. The lowest BCUT2D eigenvalue weighted by atomic mass is 10.1. The first-order valence-electron chi connectivity index (χ1n) is 8.35. The first-order chi connectivity index (χ1) is 12.7. The van der Waals surface area contributed by atoms with Crippen molar-refractivity contribution < 1.29 is 4.74 Å². The summed E-state index contributed by atoms with van der Waals surface area (Å²) in [4.78, 5) is 23.4. The van der Waals surface area contributed by atoms with Gasteiger partial charge in [0.15, 0.2) is 5.82 Å². The first-order valence-corrected chi connectivity index (χ1v) is 9.61. The van der Waals surface area contributed by atoms with Crippen molar-refractivity contribution in [3.05, 3.63) is 67.9 Å². The van der Waals surface area contributed by atoms with Crippen LogP contribution in [0.25, 0.3) is 10.7 Å². The Bertz CT molecular complexity index is 985. The van der Waals surface area contributed by atoms with E-state index in [1.165, 1.54) is 0 Å².